The fraction of sp³-hybridized carbons (Fsp3) is 0.533. The molecule has 0 aliphatic heterocycles. The van der Waals surface area contributed by atoms with E-state index in [1.807, 2.05) is 24.3 Å². The van der Waals surface area contributed by atoms with Gasteiger partial charge in [-0.15, -0.1) is 0 Å². The third kappa shape index (κ3) is 5.01. The van der Waals surface area contributed by atoms with Crippen LogP contribution in [0, 0.1) is 0 Å². The van der Waals surface area contributed by atoms with Crippen LogP contribution in [0.2, 0.25) is 0 Å². The fourth-order valence-corrected chi connectivity index (χ4v) is 1.93. The van der Waals surface area contributed by atoms with E-state index in [0.717, 1.165) is 13.1 Å². The summed E-state index contributed by atoms with van der Waals surface area (Å²) in [6.07, 6.45) is 0. The number of nitrogens with zero attached hydrogens (tertiary/aromatic N) is 1. The van der Waals surface area contributed by atoms with Gasteiger partial charge < -0.3 is 10.4 Å². The van der Waals surface area contributed by atoms with Gasteiger partial charge in [0.1, 0.15) is 0 Å². The molecule has 1 aromatic carbocycles. The van der Waals surface area contributed by atoms with Crippen molar-refractivity contribution >= 4 is 5.91 Å². The van der Waals surface area contributed by atoms with Crippen LogP contribution in [0.1, 0.15) is 36.7 Å². The molecule has 0 atom stereocenters. The maximum absolute atomic E-state index is 11.7. The molecular weight excluding hydrogens is 240 g/mol. The monoisotopic (exact) mass is 264 g/mol. The Hall–Kier alpha value is -1.39. The van der Waals surface area contributed by atoms with E-state index in [1.165, 1.54) is 5.56 Å². The molecule has 4 heteroatoms. The smallest absolute Gasteiger partial charge is 0.251 e. The van der Waals surface area contributed by atoms with Crippen molar-refractivity contribution in [1.29, 1.82) is 0 Å². The summed E-state index contributed by atoms with van der Waals surface area (Å²) in [5, 5.41) is 11.3. The Labute approximate surface area is 115 Å². The topological polar surface area (TPSA) is 52.6 Å². The van der Waals surface area contributed by atoms with Crippen LogP contribution in [0.15, 0.2) is 24.3 Å². The lowest BCUT2D eigenvalue weighted by molar-refractivity contribution is 0.0944. The van der Waals surface area contributed by atoms with Crippen LogP contribution in [0.3, 0.4) is 0 Å². The number of rotatable bonds is 7. The number of aliphatic hydroxyl groups excluding tert-OH is 1. The minimum Gasteiger partial charge on any atom is -0.395 e. The first-order valence-corrected chi connectivity index (χ1v) is 6.80. The number of nitrogens with one attached hydrogen (secondary N) is 1. The summed E-state index contributed by atoms with van der Waals surface area (Å²) < 4.78 is 0. The zero-order valence-electron chi connectivity index (χ0n) is 12.0. The molecule has 2 N–H and O–H groups in total. The summed E-state index contributed by atoms with van der Waals surface area (Å²) in [5.74, 6) is -0.142. The molecule has 0 fully saturated rings. The van der Waals surface area contributed by atoms with Gasteiger partial charge >= 0.3 is 0 Å². The van der Waals surface area contributed by atoms with Gasteiger partial charge in [0, 0.05) is 24.7 Å². The van der Waals surface area contributed by atoms with Gasteiger partial charge in [-0.25, -0.2) is 0 Å². The Kier molecular flexibility index (Phi) is 6.53. The Morgan fingerprint density at radius 1 is 1.32 bits per heavy atom. The van der Waals surface area contributed by atoms with E-state index in [2.05, 4.69) is 31.0 Å². The second-order valence-corrected chi connectivity index (χ2v) is 4.83. The SMILES string of the molecule is CCN(Cc1ccc(C(=O)NCCO)cc1)C(C)C. The van der Waals surface area contributed by atoms with Crippen molar-refractivity contribution in [3.8, 4) is 0 Å². The third-order valence-electron chi connectivity index (χ3n) is 3.14. The highest BCUT2D eigenvalue weighted by Gasteiger charge is 2.09. The van der Waals surface area contributed by atoms with Gasteiger partial charge in [-0.1, -0.05) is 19.1 Å². The van der Waals surface area contributed by atoms with Crippen molar-refractivity contribution in [3.05, 3.63) is 35.4 Å². The minimum atomic E-state index is -0.142. The zero-order valence-corrected chi connectivity index (χ0v) is 12.0. The van der Waals surface area contributed by atoms with Crippen molar-refractivity contribution in [2.24, 2.45) is 0 Å². The Bertz CT molecular complexity index is 388. The van der Waals surface area contributed by atoms with Crippen LogP contribution >= 0.6 is 0 Å². The summed E-state index contributed by atoms with van der Waals surface area (Å²) >= 11 is 0. The van der Waals surface area contributed by atoms with Crippen molar-refractivity contribution in [2.45, 2.75) is 33.4 Å². The van der Waals surface area contributed by atoms with Crippen LogP contribution in [0.4, 0.5) is 0 Å². The molecule has 0 unspecified atom stereocenters. The summed E-state index contributed by atoms with van der Waals surface area (Å²) in [6, 6.07) is 8.14. The molecule has 0 bridgehead atoms. The van der Waals surface area contributed by atoms with Crippen LogP contribution < -0.4 is 5.32 Å². The largest absolute Gasteiger partial charge is 0.395 e. The number of hydrogen-bond donors (Lipinski definition) is 2. The van der Waals surface area contributed by atoms with E-state index in [4.69, 9.17) is 5.11 Å². The van der Waals surface area contributed by atoms with Gasteiger partial charge in [0.05, 0.1) is 6.61 Å². The van der Waals surface area contributed by atoms with E-state index >= 15 is 0 Å². The van der Waals surface area contributed by atoms with Crippen LogP contribution in [-0.4, -0.2) is 41.7 Å². The lowest BCUT2D eigenvalue weighted by atomic mass is 10.1. The number of aliphatic hydroxyl groups is 1. The second-order valence-electron chi connectivity index (χ2n) is 4.83. The second kappa shape index (κ2) is 7.92. The molecule has 0 aromatic heterocycles. The van der Waals surface area contributed by atoms with Crippen molar-refractivity contribution in [2.75, 3.05) is 19.7 Å². The van der Waals surface area contributed by atoms with Gasteiger partial charge in [0.25, 0.3) is 5.91 Å². The van der Waals surface area contributed by atoms with Crippen molar-refractivity contribution in [3.63, 3.8) is 0 Å². The molecule has 19 heavy (non-hydrogen) atoms. The van der Waals surface area contributed by atoms with E-state index in [9.17, 15) is 4.79 Å². The molecule has 0 aliphatic rings. The predicted octanol–water partition coefficient (Wildman–Crippen LogP) is 1.64. The molecule has 1 aromatic rings. The molecule has 0 saturated carbocycles. The number of carbonyl (C=O) groups is 1. The standard InChI is InChI=1S/C15H24N2O2/c1-4-17(12(2)3)11-13-5-7-14(8-6-13)15(19)16-9-10-18/h5-8,12,18H,4,9-11H2,1-3H3,(H,16,19). The molecule has 0 heterocycles. The summed E-state index contributed by atoms with van der Waals surface area (Å²) in [4.78, 5) is 14.0. The van der Waals surface area contributed by atoms with Crippen molar-refractivity contribution < 1.29 is 9.90 Å². The number of hydrogen-bond acceptors (Lipinski definition) is 3. The van der Waals surface area contributed by atoms with E-state index in [1.54, 1.807) is 0 Å². The lowest BCUT2D eigenvalue weighted by Crippen LogP contribution is -2.30. The lowest BCUT2D eigenvalue weighted by Gasteiger charge is -2.24. The first kappa shape index (κ1) is 15.7. The number of amides is 1. The first-order chi connectivity index (χ1) is 9.08. The Morgan fingerprint density at radius 2 is 1.95 bits per heavy atom. The maximum Gasteiger partial charge on any atom is 0.251 e. The van der Waals surface area contributed by atoms with E-state index in [-0.39, 0.29) is 19.1 Å². The predicted molar refractivity (Wildman–Crippen MR) is 77.1 cm³/mol. The van der Waals surface area contributed by atoms with Crippen LogP contribution in [0.25, 0.3) is 0 Å². The van der Waals surface area contributed by atoms with Gasteiger partial charge in [-0.2, -0.15) is 0 Å². The quantitative estimate of drug-likeness (QED) is 0.787. The van der Waals surface area contributed by atoms with Gasteiger partial charge in [0.2, 0.25) is 0 Å². The summed E-state index contributed by atoms with van der Waals surface area (Å²) in [7, 11) is 0. The van der Waals surface area contributed by atoms with Crippen molar-refractivity contribution in [1.82, 2.24) is 10.2 Å². The van der Waals surface area contributed by atoms with Gasteiger partial charge in [0.15, 0.2) is 0 Å². The van der Waals surface area contributed by atoms with Crippen LogP contribution in [0.5, 0.6) is 0 Å². The Balaban J connectivity index is 2.63. The molecule has 0 spiro atoms. The first-order valence-electron chi connectivity index (χ1n) is 6.80. The molecule has 4 nitrogen and oxygen atoms in total. The van der Waals surface area contributed by atoms with E-state index in [0.29, 0.717) is 11.6 Å². The van der Waals surface area contributed by atoms with Crippen LogP contribution in [-0.2, 0) is 6.54 Å². The highest BCUT2D eigenvalue weighted by molar-refractivity contribution is 5.94. The van der Waals surface area contributed by atoms with E-state index < -0.39 is 0 Å². The highest BCUT2D eigenvalue weighted by atomic mass is 16.3. The Morgan fingerprint density at radius 3 is 2.42 bits per heavy atom. The van der Waals surface area contributed by atoms with Gasteiger partial charge in [-0.05, 0) is 38.1 Å². The fourth-order valence-electron chi connectivity index (χ4n) is 1.93. The number of benzene rings is 1. The van der Waals surface area contributed by atoms with Gasteiger partial charge in [-0.3, -0.25) is 9.69 Å². The molecular formula is C15H24N2O2. The molecule has 1 rings (SSSR count). The average molecular weight is 264 g/mol. The highest BCUT2D eigenvalue weighted by Crippen LogP contribution is 2.09. The maximum atomic E-state index is 11.7. The summed E-state index contributed by atoms with van der Waals surface area (Å²) in [6.45, 7) is 8.67. The third-order valence-corrected chi connectivity index (χ3v) is 3.14. The minimum absolute atomic E-state index is 0.0380. The molecule has 0 radical (unpaired) electrons. The molecule has 0 saturated heterocycles. The average Bonchev–Trinajstić information content (AvgIpc) is 2.42. The zero-order chi connectivity index (χ0) is 14.3. The summed E-state index contributed by atoms with van der Waals surface area (Å²) in [5.41, 5.74) is 1.83. The normalized spacial score (nSPS) is 11.1. The molecule has 0 aliphatic carbocycles. The molecule has 1 amide bonds. The molecule has 106 valence electrons. The number of carbonyl (C=O) groups excluding carboxylic acids is 1.